The van der Waals surface area contributed by atoms with E-state index in [1.807, 2.05) is 18.2 Å². The fourth-order valence-electron chi connectivity index (χ4n) is 9.53. The summed E-state index contributed by atoms with van der Waals surface area (Å²) < 4.78 is 51.5. The van der Waals surface area contributed by atoms with E-state index in [2.05, 4.69) is 22.9 Å². The highest BCUT2D eigenvalue weighted by molar-refractivity contribution is 7.89. The number of amides is 1. The van der Waals surface area contributed by atoms with Crippen molar-refractivity contribution < 1.29 is 47.4 Å². The van der Waals surface area contributed by atoms with Crippen molar-refractivity contribution in [2.24, 2.45) is 22.9 Å². The van der Waals surface area contributed by atoms with E-state index in [0.29, 0.717) is 47.9 Å². The quantitative estimate of drug-likeness (QED) is 0.0311. The third-order valence-electron chi connectivity index (χ3n) is 12.7. The highest BCUT2D eigenvalue weighted by atomic mass is 32.2. The number of non-ortho nitro benzene ring substituents is 1. The van der Waals surface area contributed by atoms with Gasteiger partial charge < -0.3 is 34.6 Å². The van der Waals surface area contributed by atoms with Crippen molar-refractivity contribution in [2.75, 3.05) is 58.4 Å². The second kappa shape index (κ2) is 20.8. The molecule has 2 aliphatic carbocycles. The number of aliphatic hydroxyl groups excluding tert-OH is 2. The Kier molecular flexibility index (Phi) is 15.2. The third kappa shape index (κ3) is 10.3. The molecule has 0 radical (unpaired) electrons. The van der Waals surface area contributed by atoms with Crippen LogP contribution in [0, 0.1) is 27.9 Å². The van der Waals surface area contributed by atoms with E-state index < -0.39 is 32.7 Å². The van der Waals surface area contributed by atoms with Crippen molar-refractivity contribution >= 4 is 33.0 Å². The van der Waals surface area contributed by atoms with Gasteiger partial charge in [-0.3, -0.25) is 19.8 Å². The van der Waals surface area contributed by atoms with Gasteiger partial charge in [-0.15, -0.1) is 6.58 Å². The fourth-order valence-corrected chi connectivity index (χ4v) is 10.9. The summed E-state index contributed by atoms with van der Waals surface area (Å²) in [7, 11) is -2.78. The number of carbonyl (C=O) groups excluding carboxylic acids is 1. The van der Waals surface area contributed by atoms with Crippen molar-refractivity contribution in [3.8, 4) is 11.5 Å². The van der Waals surface area contributed by atoms with Gasteiger partial charge in [0.1, 0.15) is 24.7 Å². The molecule has 2 aliphatic heterocycles. The summed E-state index contributed by atoms with van der Waals surface area (Å²) in [5.74, 6) is -1.71. The van der Waals surface area contributed by atoms with Crippen molar-refractivity contribution in [1.82, 2.24) is 9.21 Å². The first-order chi connectivity index (χ1) is 30.9. The van der Waals surface area contributed by atoms with Gasteiger partial charge in [-0.05, 0) is 103 Å². The Hall–Kier alpha value is -5.17. The van der Waals surface area contributed by atoms with Crippen LogP contribution >= 0.6 is 0 Å². The summed E-state index contributed by atoms with van der Waals surface area (Å²) in [6, 6.07) is 16.7. The second-order valence-corrected chi connectivity index (χ2v) is 18.9. The number of rotatable bonds is 23. The van der Waals surface area contributed by atoms with Gasteiger partial charge in [0.05, 0.1) is 34.1 Å². The number of nitro groups is 1. The number of nitrogens with zero attached hydrogens (tertiary/aromatic N) is 4. The molecule has 3 aromatic carbocycles. The summed E-state index contributed by atoms with van der Waals surface area (Å²) in [4.78, 5) is 31.0. The third-order valence-corrected chi connectivity index (χ3v) is 14.6. The van der Waals surface area contributed by atoms with E-state index in [9.17, 15) is 33.5 Å². The molecule has 0 bridgehead atoms. The fraction of sp³-hybridized carbons (Fsp3) is 0.489. The summed E-state index contributed by atoms with van der Waals surface area (Å²) in [6.07, 6.45) is 8.03. The minimum atomic E-state index is -4.28. The lowest BCUT2D eigenvalue weighted by molar-refractivity contribution is -0.384. The molecular weight excluding hydrogens is 843 g/mol. The molecule has 1 amide bonds. The maximum atomic E-state index is 14.9. The molecule has 1 saturated heterocycles. The predicted molar refractivity (Wildman–Crippen MR) is 240 cm³/mol. The first-order valence-electron chi connectivity index (χ1n) is 22.0. The zero-order valence-electron chi connectivity index (χ0n) is 36.5. The molecule has 1 saturated carbocycles. The lowest BCUT2D eigenvalue weighted by Crippen LogP contribution is -2.69. The van der Waals surface area contributed by atoms with Gasteiger partial charge in [0.15, 0.2) is 0 Å². The van der Waals surface area contributed by atoms with Gasteiger partial charge in [0, 0.05) is 82.5 Å². The number of likely N-dealkylation sites (N-methyl/N-ethyl adjacent to an activating group) is 1. The molecule has 2 heterocycles. The van der Waals surface area contributed by atoms with Crippen LogP contribution in [0.3, 0.4) is 0 Å². The zero-order valence-corrected chi connectivity index (χ0v) is 37.3. The molecule has 344 valence electrons. The topological polar surface area (TPSA) is 202 Å². The molecule has 3 aromatic rings. The van der Waals surface area contributed by atoms with Crippen LogP contribution < -0.4 is 14.8 Å². The minimum absolute atomic E-state index is 0.0104. The summed E-state index contributed by atoms with van der Waals surface area (Å²) >= 11 is 0. The van der Waals surface area contributed by atoms with Crippen molar-refractivity contribution in [3.63, 3.8) is 0 Å². The average Bonchev–Trinajstić information content (AvgIpc) is 4.11. The number of carbonyl (C=O) groups is 1. The summed E-state index contributed by atoms with van der Waals surface area (Å²) in [5, 5.41) is 38.6. The lowest BCUT2D eigenvalue weighted by atomic mass is 9.55. The SMILES string of the molecule is C=CCOC12Oc3ccc(OCCN4CC4)cc3C3C(CCCCO)C(CCCCO)C=C(C(=NOCc4ccc([N+](=O)[O-])cc4)CC1N(C)S(=O)(=O)c1ccc(NC(C)=O)cc1)C32. The van der Waals surface area contributed by atoms with Gasteiger partial charge in [0.2, 0.25) is 21.7 Å². The van der Waals surface area contributed by atoms with Crippen LogP contribution in [0.5, 0.6) is 11.5 Å². The maximum absolute atomic E-state index is 14.9. The number of allylic oxidation sites excluding steroid dienone is 1. The number of nitro benzene ring substituents is 1. The standard InChI is InChI=1S/C47H59N5O11S/c1-4-26-61-47-44(50(3)64(58,59)38-18-13-35(14-19-38)48-32(2)55)30-42(49-62-31-33-11-15-36(16-12-33)52(56)57)40-28-34(9-5-7-24-53)39(10-6-8-25-54)45(46(40)47)41-29-37(17-20-43(41)63-47)60-27-23-51-21-22-51/h4,11-20,28-29,34,39,44-46,53-54H,1,5-10,21-27,30-31H2,2-3H3,(H,48,55). The van der Waals surface area contributed by atoms with Crippen LogP contribution in [0.2, 0.25) is 0 Å². The molecule has 4 aliphatic rings. The van der Waals surface area contributed by atoms with E-state index in [1.54, 1.807) is 18.2 Å². The van der Waals surface area contributed by atoms with E-state index in [1.165, 1.54) is 54.7 Å². The molecule has 16 nitrogen and oxygen atoms in total. The van der Waals surface area contributed by atoms with Crippen molar-refractivity contribution in [3.05, 3.63) is 112 Å². The minimum Gasteiger partial charge on any atom is -0.492 e. The number of nitrogens with one attached hydrogen (secondary N) is 1. The van der Waals surface area contributed by atoms with Gasteiger partial charge in [0.25, 0.3) is 5.69 Å². The number of benzene rings is 3. The lowest BCUT2D eigenvalue weighted by Gasteiger charge is -2.59. The second-order valence-electron chi connectivity index (χ2n) is 16.9. The summed E-state index contributed by atoms with van der Waals surface area (Å²) in [6.45, 7) is 8.86. The number of fused-ring (bicyclic) bond motifs is 2. The number of aliphatic hydroxyl groups is 2. The highest BCUT2D eigenvalue weighted by Crippen LogP contribution is 2.62. The molecule has 6 unspecified atom stereocenters. The number of hydrogen-bond donors (Lipinski definition) is 3. The monoisotopic (exact) mass is 901 g/mol. The number of anilines is 1. The number of ether oxygens (including phenoxy) is 3. The first kappa shape index (κ1) is 46.8. The Morgan fingerprint density at radius 1 is 1.06 bits per heavy atom. The van der Waals surface area contributed by atoms with E-state index in [-0.39, 0.29) is 67.1 Å². The molecule has 0 aromatic heterocycles. The largest absolute Gasteiger partial charge is 0.492 e. The Bertz CT molecular complexity index is 2300. The van der Waals surface area contributed by atoms with Crippen LogP contribution in [0.4, 0.5) is 11.4 Å². The molecule has 64 heavy (non-hydrogen) atoms. The molecule has 2 fully saturated rings. The van der Waals surface area contributed by atoms with Gasteiger partial charge in [-0.2, -0.15) is 4.31 Å². The highest BCUT2D eigenvalue weighted by Gasteiger charge is 2.65. The Morgan fingerprint density at radius 3 is 2.44 bits per heavy atom. The van der Waals surface area contributed by atoms with Gasteiger partial charge in [-0.25, -0.2) is 8.42 Å². The Morgan fingerprint density at radius 2 is 1.78 bits per heavy atom. The van der Waals surface area contributed by atoms with Crippen molar-refractivity contribution in [1.29, 1.82) is 0 Å². The molecule has 7 rings (SSSR count). The molecule has 0 spiro atoms. The van der Waals surface area contributed by atoms with Crippen LogP contribution in [-0.2, 0) is 31.0 Å². The number of oxime groups is 1. The smallest absolute Gasteiger partial charge is 0.269 e. The number of sulfonamides is 1. The van der Waals surface area contributed by atoms with E-state index in [0.717, 1.165) is 56.5 Å². The zero-order chi connectivity index (χ0) is 45.4. The molecule has 6 atom stereocenters. The number of hydrogen-bond acceptors (Lipinski definition) is 13. The average molecular weight is 902 g/mol. The van der Waals surface area contributed by atoms with Crippen LogP contribution in [-0.4, -0.2) is 109 Å². The Labute approximate surface area is 374 Å². The van der Waals surface area contributed by atoms with Crippen molar-refractivity contribution in [2.45, 2.75) is 81.1 Å². The van der Waals surface area contributed by atoms with Crippen LogP contribution in [0.25, 0.3) is 0 Å². The van der Waals surface area contributed by atoms with Crippen LogP contribution in [0.1, 0.15) is 68.9 Å². The predicted octanol–water partition coefficient (Wildman–Crippen LogP) is 6.40. The molecule has 17 heteroatoms. The van der Waals surface area contributed by atoms with E-state index >= 15 is 0 Å². The maximum Gasteiger partial charge on any atom is 0.269 e. The first-order valence-corrected chi connectivity index (χ1v) is 23.5. The van der Waals surface area contributed by atoms with E-state index in [4.69, 9.17) is 24.2 Å². The van der Waals surface area contributed by atoms with Gasteiger partial charge in [-0.1, -0.05) is 30.1 Å². The molecular formula is C47H59N5O11S. The number of unbranched alkanes of at least 4 members (excludes halogenated alkanes) is 2. The van der Waals surface area contributed by atoms with Crippen LogP contribution in [0.15, 0.2) is 101 Å². The molecule has 3 N–H and O–H groups in total. The summed E-state index contributed by atoms with van der Waals surface area (Å²) in [5.41, 5.74) is 3.23. The Balaban J connectivity index is 1.39. The normalized spacial score (nSPS) is 24.2. The van der Waals surface area contributed by atoms with Gasteiger partial charge >= 0.3 is 0 Å².